The minimum absolute atomic E-state index is 0.721. The first-order valence-electron chi connectivity index (χ1n) is 8.70. The number of rotatable bonds is 4. The zero-order valence-corrected chi connectivity index (χ0v) is 17.6. The lowest BCUT2D eigenvalue weighted by molar-refractivity contribution is 0.942. The lowest BCUT2D eigenvalue weighted by atomic mass is 10.2. The number of hydrazone groups is 1. The quantitative estimate of drug-likeness (QED) is 0.259. The van der Waals surface area contributed by atoms with Gasteiger partial charge in [-0.2, -0.15) is 5.10 Å². The van der Waals surface area contributed by atoms with E-state index in [0.29, 0.717) is 0 Å². The molecule has 0 aliphatic carbocycles. The molecule has 27 heavy (non-hydrogen) atoms. The number of imidazole rings is 1. The van der Waals surface area contributed by atoms with Gasteiger partial charge in [0.25, 0.3) is 0 Å². The van der Waals surface area contributed by atoms with Crippen LogP contribution in [0.2, 0.25) is 0 Å². The van der Waals surface area contributed by atoms with Crippen molar-refractivity contribution in [2.45, 2.75) is 13.8 Å². The van der Waals surface area contributed by atoms with Crippen LogP contribution in [0.25, 0.3) is 16.7 Å². The summed E-state index contributed by atoms with van der Waals surface area (Å²) in [6.45, 7) is 4.23. The Balaban J connectivity index is 1.62. The van der Waals surface area contributed by atoms with Crippen LogP contribution in [0.15, 0.2) is 59.7 Å². The van der Waals surface area contributed by atoms with Crippen molar-refractivity contribution < 1.29 is 0 Å². The summed E-state index contributed by atoms with van der Waals surface area (Å²) in [5, 5.41) is 4.43. The first-order valence-corrected chi connectivity index (χ1v) is 9.78. The second kappa shape index (κ2) is 7.19. The van der Waals surface area contributed by atoms with Crippen LogP contribution in [0.3, 0.4) is 0 Å². The Hall–Kier alpha value is -2.61. The molecule has 0 unspecified atom stereocenters. The summed E-state index contributed by atoms with van der Waals surface area (Å²) in [5.41, 5.74) is 9.71. The van der Waals surface area contributed by atoms with Gasteiger partial charge < -0.3 is 9.13 Å². The maximum Gasteiger partial charge on any atom is 0.224 e. The Bertz CT molecular complexity index is 1150. The van der Waals surface area contributed by atoms with Crippen LogP contribution in [0, 0.1) is 17.4 Å². The molecule has 5 nitrogen and oxygen atoms in total. The average Bonchev–Trinajstić information content (AvgIpc) is 3.13. The SMILES string of the molecule is Cc1cc(/C=N\Nc2nc3ccccc3n2C)c(C)n1-c1ccccc1I. The molecule has 0 radical (unpaired) electrons. The predicted molar refractivity (Wildman–Crippen MR) is 120 cm³/mol. The molecule has 0 saturated heterocycles. The third-order valence-electron chi connectivity index (χ3n) is 4.72. The summed E-state index contributed by atoms with van der Waals surface area (Å²) in [6.07, 6.45) is 1.86. The fourth-order valence-corrected chi connectivity index (χ4v) is 3.96. The monoisotopic (exact) mass is 469 g/mol. The van der Waals surface area contributed by atoms with Crippen LogP contribution in [0.1, 0.15) is 17.0 Å². The molecule has 0 bridgehead atoms. The van der Waals surface area contributed by atoms with Gasteiger partial charge in [0.2, 0.25) is 5.95 Å². The van der Waals surface area contributed by atoms with Crippen LogP contribution in [-0.2, 0) is 7.05 Å². The Labute approximate surface area is 171 Å². The van der Waals surface area contributed by atoms with Gasteiger partial charge in [-0.15, -0.1) is 0 Å². The normalized spacial score (nSPS) is 11.6. The molecule has 2 aromatic carbocycles. The smallest absolute Gasteiger partial charge is 0.224 e. The van der Waals surface area contributed by atoms with E-state index in [0.717, 1.165) is 28.2 Å². The van der Waals surface area contributed by atoms with Crippen molar-refractivity contribution in [1.82, 2.24) is 14.1 Å². The van der Waals surface area contributed by atoms with Crippen LogP contribution < -0.4 is 5.43 Å². The second-order valence-electron chi connectivity index (χ2n) is 6.47. The molecule has 0 aliphatic rings. The number of anilines is 1. The topological polar surface area (TPSA) is 47.1 Å². The number of aromatic nitrogens is 3. The molecule has 4 rings (SSSR count). The summed E-state index contributed by atoms with van der Waals surface area (Å²) in [5.74, 6) is 0.721. The summed E-state index contributed by atoms with van der Waals surface area (Å²) in [6, 6.07) is 18.6. The van der Waals surface area contributed by atoms with Gasteiger partial charge in [-0.3, -0.25) is 0 Å². The van der Waals surface area contributed by atoms with Gasteiger partial charge in [0, 0.05) is 27.6 Å². The van der Waals surface area contributed by atoms with Crippen molar-refractivity contribution in [1.29, 1.82) is 0 Å². The molecular formula is C21H20IN5. The van der Waals surface area contributed by atoms with Crippen LogP contribution >= 0.6 is 22.6 Å². The summed E-state index contributed by atoms with van der Waals surface area (Å²) < 4.78 is 5.48. The summed E-state index contributed by atoms with van der Waals surface area (Å²) >= 11 is 2.38. The second-order valence-corrected chi connectivity index (χ2v) is 7.63. The lowest BCUT2D eigenvalue weighted by Crippen LogP contribution is -2.02. The maximum absolute atomic E-state index is 4.58. The summed E-state index contributed by atoms with van der Waals surface area (Å²) in [4.78, 5) is 4.58. The van der Waals surface area contributed by atoms with Crippen LogP contribution in [0.4, 0.5) is 5.95 Å². The van der Waals surface area contributed by atoms with E-state index in [9.17, 15) is 0 Å². The van der Waals surface area contributed by atoms with E-state index in [1.54, 1.807) is 0 Å². The third kappa shape index (κ3) is 3.25. The van der Waals surface area contributed by atoms with Crippen molar-refractivity contribution in [3.8, 4) is 5.69 Å². The standard InChI is InChI=1S/C21H20IN5/c1-14-12-16(15(2)27(14)19-10-6-4-8-17(19)22)13-23-25-21-24-18-9-5-7-11-20(18)26(21)3/h4-13H,1-3H3,(H,24,25)/b23-13-. The minimum Gasteiger partial charge on any atom is -0.317 e. The van der Waals surface area contributed by atoms with Gasteiger partial charge in [0.05, 0.1) is 22.9 Å². The summed E-state index contributed by atoms with van der Waals surface area (Å²) in [7, 11) is 1.98. The number of para-hydroxylation sites is 3. The highest BCUT2D eigenvalue weighted by molar-refractivity contribution is 14.1. The predicted octanol–water partition coefficient (Wildman–Crippen LogP) is 5.03. The molecule has 1 N–H and O–H groups in total. The molecule has 136 valence electrons. The van der Waals surface area contributed by atoms with E-state index in [2.05, 4.69) is 86.8 Å². The Morgan fingerprint density at radius 3 is 2.59 bits per heavy atom. The van der Waals surface area contributed by atoms with Crippen molar-refractivity contribution in [2.75, 3.05) is 5.43 Å². The Morgan fingerprint density at radius 2 is 1.81 bits per heavy atom. The van der Waals surface area contributed by atoms with Gasteiger partial charge in [0.15, 0.2) is 0 Å². The molecule has 0 saturated carbocycles. The van der Waals surface area contributed by atoms with Gasteiger partial charge in [0.1, 0.15) is 0 Å². The molecule has 2 heterocycles. The van der Waals surface area contributed by atoms with E-state index in [1.165, 1.54) is 15.0 Å². The van der Waals surface area contributed by atoms with E-state index in [4.69, 9.17) is 0 Å². The van der Waals surface area contributed by atoms with E-state index < -0.39 is 0 Å². The highest BCUT2D eigenvalue weighted by Crippen LogP contribution is 2.24. The fraction of sp³-hybridized carbons (Fsp3) is 0.143. The van der Waals surface area contributed by atoms with Crippen molar-refractivity contribution in [3.05, 3.63) is 75.1 Å². The number of fused-ring (bicyclic) bond motifs is 1. The number of nitrogens with one attached hydrogen (secondary N) is 1. The van der Waals surface area contributed by atoms with Crippen molar-refractivity contribution in [2.24, 2.45) is 12.1 Å². The van der Waals surface area contributed by atoms with E-state index in [1.807, 2.05) is 42.1 Å². The molecule has 0 atom stereocenters. The molecule has 0 amide bonds. The molecule has 0 spiro atoms. The first-order chi connectivity index (χ1) is 13.1. The Morgan fingerprint density at radius 1 is 1.07 bits per heavy atom. The minimum atomic E-state index is 0.721. The van der Waals surface area contributed by atoms with Gasteiger partial charge >= 0.3 is 0 Å². The van der Waals surface area contributed by atoms with Gasteiger partial charge in [-0.1, -0.05) is 24.3 Å². The number of benzene rings is 2. The molecule has 0 fully saturated rings. The zero-order valence-electron chi connectivity index (χ0n) is 15.4. The molecule has 2 aromatic heterocycles. The highest BCUT2D eigenvalue weighted by Gasteiger charge is 2.11. The third-order valence-corrected chi connectivity index (χ3v) is 5.63. The highest BCUT2D eigenvalue weighted by atomic mass is 127. The van der Waals surface area contributed by atoms with Gasteiger partial charge in [-0.25, -0.2) is 10.4 Å². The maximum atomic E-state index is 4.58. The molecule has 0 aliphatic heterocycles. The number of hydrogen-bond acceptors (Lipinski definition) is 3. The first kappa shape index (κ1) is 17.8. The van der Waals surface area contributed by atoms with Crippen LogP contribution in [-0.4, -0.2) is 20.3 Å². The molecular weight excluding hydrogens is 449 g/mol. The van der Waals surface area contributed by atoms with E-state index in [-0.39, 0.29) is 0 Å². The molecule has 6 heteroatoms. The van der Waals surface area contributed by atoms with Crippen LogP contribution in [0.5, 0.6) is 0 Å². The Kier molecular flexibility index (Phi) is 4.73. The fourth-order valence-electron chi connectivity index (χ4n) is 3.33. The van der Waals surface area contributed by atoms with Gasteiger partial charge in [-0.05, 0) is 66.8 Å². The number of hydrogen-bond donors (Lipinski definition) is 1. The number of nitrogens with zero attached hydrogens (tertiary/aromatic N) is 4. The lowest BCUT2D eigenvalue weighted by Gasteiger charge is -2.11. The number of halogens is 1. The zero-order chi connectivity index (χ0) is 19.0. The van der Waals surface area contributed by atoms with E-state index >= 15 is 0 Å². The number of aryl methyl sites for hydroxylation is 2. The van der Waals surface area contributed by atoms with Crippen molar-refractivity contribution in [3.63, 3.8) is 0 Å². The molecule has 4 aromatic rings. The average molecular weight is 469 g/mol. The largest absolute Gasteiger partial charge is 0.317 e. The van der Waals surface area contributed by atoms with Crippen molar-refractivity contribution >= 4 is 45.8 Å².